The van der Waals surface area contributed by atoms with Crippen LogP contribution in [-0.2, 0) is 5.41 Å². The van der Waals surface area contributed by atoms with E-state index in [-0.39, 0.29) is 5.41 Å². The van der Waals surface area contributed by atoms with Crippen LogP contribution in [0.2, 0.25) is 0 Å². The molecule has 0 spiro atoms. The SMILES string of the molecule is CNC1CC(C)CCC1C(C)(C)c1occc1Br. The van der Waals surface area contributed by atoms with E-state index in [0.29, 0.717) is 12.0 Å². The summed E-state index contributed by atoms with van der Waals surface area (Å²) in [6.45, 7) is 6.97. The Morgan fingerprint density at radius 2 is 2.11 bits per heavy atom. The van der Waals surface area contributed by atoms with Crippen molar-refractivity contribution in [1.82, 2.24) is 5.32 Å². The van der Waals surface area contributed by atoms with E-state index in [9.17, 15) is 0 Å². The van der Waals surface area contributed by atoms with Crippen LogP contribution in [0.1, 0.15) is 45.8 Å². The van der Waals surface area contributed by atoms with E-state index in [1.807, 2.05) is 6.07 Å². The molecule has 0 saturated heterocycles. The van der Waals surface area contributed by atoms with Crippen molar-refractivity contribution < 1.29 is 4.42 Å². The molecule has 1 N–H and O–H groups in total. The van der Waals surface area contributed by atoms with Crippen LogP contribution in [0.3, 0.4) is 0 Å². The molecule has 2 rings (SSSR count). The van der Waals surface area contributed by atoms with Crippen LogP contribution in [0.15, 0.2) is 21.2 Å². The lowest BCUT2D eigenvalue weighted by Gasteiger charge is -2.43. The van der Waals surface area contributed by atoms with Crippen LogP contribution in [0, 0.1) is 11.8 Å². The van der Waals surface area contributed by atoms with Gasteiger partial charge in [-0.3, -0.25) is 0 Å². The van der Waals surface area contributed by atoms with Crippen molar-refractivity contribution in [1.29, 1.82) is 0 Å². The molecule has 1 saturated carbocycles. The molecule has 3 atom stereocenters. The van der Waals surface area contributed by atoms with E-state index < -0.39 is 0 Å². The van der Waals surface area contributed by atoms with Gasteiger partial charge in [0.15, 0.2) is 0 Å². The number of furan rings is 1. The fourth-order valence-corrected chi connectivity index (χ4v) is 4.20. The smallest absolute Gasteiger partial charge is 0.123 e. The van der Waals surface area contributed by atoms with Crippen molar-refractivity contribution in [2.45, 2.75) is 51.5 Å². The van der Waals surface area contributed by atoms with Gasteiger partial charge in [0.1, 0.15) is 5.76 Å². The van der Waals surface area contributed by atoms with Gasteiger partial charge in [0.05, 0.1) is 10.7 Å². The zero-order valence-corrected chi connectivity index (χ0v) is 13.4. The minimum absolute atomic E-state index is 0.0656. The van der Waals surface area contributed by atoms with Gasteiger partial charge in [0, 0.05) is 11.5 Å². The molecule has 0 amide bonds. The average molecular weight is 314 g/mol. The first-order valence-electron chi connectivity index (χ1n) is 6.87. The average Bonchev–Trinajstić information content (AvgIpc) is 2.75. The van der Waals surface area contributed by atoms with E-state index in [1.165, 1.54) is 19.3 Å². The Morgan fingerprint density at radius 1 is 1.39 bits per heavy atom. The van der Waals surface area contributed by atoms with Gasteiger partial charge in [-0.05, 0) is 53.7 Å². The first-order chi connectivity index (χ1) is 8.46. The maximum absolute atomic E-state index is 5.73. The largest absolute Gasteiger partial charge is 0.468 e. The number of nitrogens with one attached hydrogen (secondary N) is 1. The summed E-state index contributed by atoms with van der Waals surface area (Å²) in [5.41, 5.74) is 0.0656. The van der Waals surface area contributed by atoms with Gasteiger partial charge in [0.2, 0.25) is 0 Å². The second-order valence-corrected chi connectivity index (χ2v) is 7.09. The highest BCUT2D eigenvalue weighted by Crippen LogP contribution is 2.44. The van der Waals surface area contributed by atoms with E-state index in [1.54, 1.807) is 6.26 Å². The molecule has 1 aromatic heterocycles. The Kier molecular flexibility index (Phi) is 4.22. The van der Waals surface area contributed by atoms with Crippen molar-refractivity contribution >= 4 is 15.9 Å². The standard InChI is InChI=1S/C15H24BrNO/c1-10-5-6-11(13(9-10)17-4)15(2,3)14-12(16)7-8-18-14/h7-8,10-11,13,17H,5-6,9H2,1-4H3. The maximum Gasteiger partial charge on any atom is 0.123 e. The minimum atomic E-state index is 0.0656. The van der Waals surface area contributed by atoms with E-state index in [4.69, 9.17) is 4.42 Å². The summed E-state index contributed by atoms with van der Waals surface area (Å²) in [6, 6.07) is 2.58. The van der Waals surface area contributed by atoms with E-state index in [2.05, 4.69) is 49.1 Å². The summed E-state index contributed by atoms with van der Waals surface area (Å²) in [7, 11) is 2.09. The summed E-state index contributed by atoms with van der Waals surface area (Å²) < 4.78 is 6.83. The summed E-state index contributed by atoms with van der Waals surface area (Å²) >= 11 is 3.61. The summed E-state index contributed by atoms with van der Waals surface area (Å²) in [4.78, 5) is 0. The van der Waals surface area contributed by atoms with Crippen molar-refractivity contribution in [2.24, 2.45) is 11.8 Å². The molecule has 1 aliphatic carbocycles. The van der Waals surface area contributed by atoms with Gasteiger partial charge in [-0.1, -0.05) is 27.2 Å². The summed E-state index contributed by atoms with van der Waals surface area (Å²) in [5, 5.41) is 3.51. The van der Waals surface area contributed by atoms with Crippen molar-refractivity contribution in [3.8, 4) is 0 Å². The third kappa shape index (κ3) is 2.53. The molecule has 1 aromatic rings. The lowest BCUT2D eigenvalue weighted by molar-refractivity contribution is 0.135. The number of rotatable bonds is 3. The van der Waals surface area contributed by atoms with E-state index in [0.717, 1.165) is 16.2 Å². The first kappa shape index (κ1) is 14.1. The van der Waals surface area contributed by atoms with Crippen LogP contribution in [0.25, 0.3) is 0 Å². The number of hydrogen-bond donors (Lipinski definition) is 1. The van der Waals surface area contributed by atoms with Gasteiger partial charge in [-0.15, -0.1) is 0 Å². The van der Waals surface area contributed by atoms with Crippen LogP contribution in [-0.4, -0.2) is 13.1 Å². The third-order valence-corrected chi connectivity index (χ3v) is 5.24. The summed E-state index contributed by atoms with van der Waals surface area (Å²) in [6.07, 6.45) is 5.64. The van der Waals surface area contributed by atoms with Crippen LogP contribution in [0.4, 0.5) is 0 Å². The summed E-state index contributed by atoms with van der Waals surface area (Å²) in [5.74, 6) is 2.54. The lowest BCUT2D eigenvalue weighted by Crippen LogP contribution is -2.47. The van der Waals surface area contributed by atoms with E-state index >= 15 is 0 Å². The quantitative estimate of drug-likeness (QED) is 0.897. The predicted octanol–water partition coefficient (Wildman–Crippen LogP) is 4.34. The molecular formula is C15H24BrNO. The molecule has 0 radical (unpaired) electrons. The Labute approximate surface area is 119 Å². The van der Waals surface area contributed by atoms with Gasteiger partial charge in [-0.25, -0.2) is 0 Å². The minimum Gasteiger partial charge on any atom is -0.468 e. The molecule has 1 aliphatic rings. The number of hydrogen-bond acceptors (Lipinski definition) is 2. The highest BCUT2D eigenvalue weighted by atomic mass is 79.9. The zero-order chi connectivity index (χ0) is 13.3. The van der Waals surface area contributed by atoms with Gasteiger partial charge < -0.3 is 9.73 Å². The highest BCUT2D eigenvalue weighted by Gasteiger charge is 2.41. The van der Waals surface area contributed by atoms with Crippen molar-refractivity contribution in [3.05, 3.63) is 22.6 Å². The Balaban J connectivity index is 2.26. The maximum atomic E-state index is 5.73. The van der Waals surface area contributed by atoms with Crippen molar-refractivity contribution in [3.63, 3.8) is 0 Å². The molecule has 1 heterocycles. The first-order valence-corrected chi connectivity index (χ1v) is 7.66. The molecule has 3 unspecified atom stereocenters. The van der Waals surface area contributed by atoms with Gasteiger partial charge >= 0.3 is 0 Å². The molecular weight excluding hydrogens is 290 g/mol. The molecule has 0 bridgehead atoms. The second-order valence-electron chi connectivity index (χ2n) is 6.24. The third-order valence-electron chi connectivity index (χ3n) is 4.61. The van der Waals surface area contributed by atoms with Crippen LogP contribution in [0.5, 0.6) is 0 Å². The Bertz CT molecular complexity index is 399. The molecule has 0 aromatic carbocycles. The molecule has 1 fully saturated rings. The van der Waals surface area contributed by atoms with Gasteiger partial charge in [-0.2, -0.15) is 0 Å². The molecule has 0 aliphatic heterocycles. The monoisotopic (exact) mass is 313 g/mol. The topological polar surface area (TPSA) is 25.2 Å². The van der Waals surface area contributed by atoms with Gasteiger partial charge in [0.25, 0.3) is 0 Å². The Morgan fingerprint density at radius 3 is 2.67 bits per heavy atom. The fourth-order valence-electron chi connectivity index (χ4n) is 3.49. The normalized spacial score (nSPS) is 29.5. The molecule has 2 nitrogen and oxygen atoms in total. The lowest BCUT2D eigenvalue weighted by atomic mass is 9.65. The molecule has 3 heteroatoms. The molecule has 102 valence electrons. The fraction of sp³-hybridized carbons (Fsp3) is 0.733. The Hall–Kier alpha value is -0.280. The number of halogens is 1. The zero-order valence-electron chi connectivity index (χ0n) is 11.8. The molecule has 18 heavy (non-hydrogen) atoms. The van der Waals surface area contributed by atoms with Crippen LogP contribution >= 0.6 is 15.9 Å². The predicted molar refractivity (Wildman–Crippen MR) is 78.8 cm³/mol. The highest BCUT2D eigenvalue weighted by molar-refractivity contribution is 9.10. The second kappa shape index (κ2) is 5.38. The van der Waals surface area contributed by atoms with Crippen LogP contribution < -0.4 is 5.32 Å². The van der Waals surface area contributed by atoms with Crippen molar-refractivity contribution in [2.75, 3.05) is 7.05 Å².